The van der Waals surface area contributed by atoms with Crippen molar-refractivity contribution in [3.05, 3.63) is 29.3 Å². The number of methoxy groups -OCH3 is 1. The normalized spacial score (nSPS) is 14.3. The SMILES string of the molecule is CN=C(NCCCCOCCOC)NCc1ccc(C)cc1OCC1CC1. The monoisotopic (exact) mass is 377 g/mol. The van der Waals surface area contributed by atoms with E-state index in [1.807, 2.05) is 0 Å². The lowest BCUT2D eigenvalue weighted by Gasteiger charge is -2.15. The van der Waals surface area contributed by atoms with E-state index in [-0.39, 0.29) is 0 Å². The molecule has 27 heavy (non-hydrogen) atoms. The second kappa shape index (κ2) is 12.6. The van der Waals surface area contributed by atoms with E-state index in [0.717, 1.165) is 55.8 Å². The van der Waals surface area contributed by atoms with Gasteiger partial charge in [-0.1, -0.05) is 12.1 Å². The van der Waals surface area contributed by atoms with Gasteiger partial charge in [0.2, 0.25) is 0 Å². The summed E-state index contributed by atoms with van der Waals surface area (Å²) in [4.78, 5) is 4.30. The Bertz CT molecular complexity index is 574. The predicted octanol–water partition coefficient (Wildman–Crippen LogP) is 2.89. The second-order valence-electron chi connectivity index (χ2n) is 7.03. The van der Waals surface area contributed by atoms with Crippen LogP contribution in [0.2, 0.25) is 0 Å². The minimum atomic E-state index is 0.653. The lowest BCUT2D eigenvalue weighted by Crippen LogP contribution is -2.37. The molecule has 0 amide bonds. The molecule has 6 heteroatoms. The number of benzene rings is 1. The standard InChI is InChI=1S/C21H35N3O3/c1-17-6-9-19(20(14-17)27-16-18-7-8-18)15-24-21(22-2)23-10-4-5-11-26-13-12-25-3/h6,9,14,18H,4-5,7-8,10-13,15-16H2,1-3H3,(H2,22,23,24). The highest BCUT2D eigenvalue weighted by Gasteiger charge is 2.22. The minimum Gasteiger partial charge on any atom is -0.493 e. The number of nitrogens with one attached hydrogen (secondary N) is 2. The van der Waals surface area contributed by atoms with Crippen LogP contribution in [0, 0.1) is 12.8 Å². The number of nitrogens with zero attached hydrogens (tertiary/aromatic N) is 1. The molecule has 0 radical (unpaired) electrons. The van der Waals surface area contributed by atoms with Crippen LogP contribution in [0.4, 0.5) is 0 Å². The molecule has 2 rings (SSSR count). The Hall–Kier alpha value is -1.79. The summed E-state index contributed by atoms with van der Waals surface area (Å²) >= 11 is 0. The number of rotatable bonds is 13. The third-order valence-electron chi connectivity index (χ3n) is 4.50. The molecule has 1 aromatic rings. The van der Waals surface area contributed by atoms with Crippen molar-refractivity contribution in [3.63, 3.8) is 0 Å². The molecule has 0 spiro atoms. The van der Waals surface area contributed by atoms with Gasteiger partial charge in [0.15, 0.2) is 5.96 Å². The third kappa shape index (κ3) is 9.11. The van der Waals surface area contributed by atoms with E-state index in [1.54, 1.807) is 14.2 Å². The van der Waals surface area contributed by atoms with Gasteiger partial charge in [0.1, 0.15) is 5.75 Å². The Morgan fingerprint density at radius 1 is 1.15 bits per heavy atom. The van der Waals surface area contributed by atoms with Crippen LogP contribution < -0.4 is 15.4 Å². The van der Waals surface area contributed by atoms with Crippen LogP contribution in [-0.4, -0.2) is 53.1 Å². The van der Waals surface area contributed by atoms with Crippen LogP contribution in [0.1, 0.15) is 36.8 Å². The number of ether oxygens (including phenoxy) is 3. The van der Waals surface area contributed by atoms with E-state index < -0.39 is 0 Å². The maximum absolute atomic E-state index is 6.04. The molecule has 1 aliphatic rings. The first-order valence-electron chi connectivity index (χ1n) is 9.96. The van der Waals surface area contributed by atoms with E-state index in [2.05, 4.69) is 40.7 Å². The Labute approximate surface area is 163 Å². The number of hydrogen-bond donors (Lipinski definition) is 2. The van der Waals surface area contributed by atoms with Gasteiger partial charge < -0.3 is 24.8 Å². The number of hydrogen-bond acceptors (Lipinski definition) is 4. The third-order valence-corrected chi connectivity index (χ3v) is 4.50. The smallest absolute Gasteiger partial charge is 0.191 e. The van der Waals surface area contributed by atoms with Crippen molar-refractivity contribution in [3.8, 4) is 5.75 Å². The fourth-order valence-electron chi connectivity index (χ4n) is 2.61. The zero-order chi connectivity index (χ0) is 19.3. The summed E-state index contributed by atoms with van der Waals surface area (Å²) in [6.45, 7) is 6.57. The number of unbranched alkanes of at least 4 members (excludes halogenated alkanes) is 1. The van der Waals surface area contributed by atoms with Gasteiger partial charge in [0, 0.05) is 39.4 Å². The summed E-state index contributed by atoms with van der Waals surface area (Å²) in [5.74, 6) is 2.54. The van der Waals surface area contributed by atoms with Gasteiger partial charge in [-0.15, -0.1) is 0 Å². The van der Waals surface area contributed by atoms with Gasteiger partial charge in [0.25, 0.3) is 0 Å². The molecule has 2 N–H and O–H groups in total. The van der Waals surface area contributed by atoms with E-state index in [1.165, 1.54) is 18.4 Å². The fraction of sp³-hybridized carbons (Fsp3) is 0.667. The van der Waals surface area contributed by atoms with Crippen molar-refractivity contribution in [2.45, 2.75) is 39.2 Å². The van der Waals surface area contributed by atoms with E-state index in [9.17, 15) is 0 Å². The minimum absolute atomic E-state index is 0.653. The molecule has 1 aromatic carbocycles. The Morgan fingerprint density at radius 3 is 2.74 bits per heavy atom. The van der Waals surface area contributed by atoms with Crippen molar-refractivity contribution in [1.82, 2.24) is 10.6 Å². The molecule has 6 nitrogen and oxygen atoms in total. The quantitative estimate of drug-likeness (QED) is 0.314. The van der Waals surface area contributed by atoms with Crippen molar-refractivity contribution < 1.29 is 14.2 Å². The molecule has 0 aromatic heterocycles. The van der Waals surface area contributed by atoms with Gasteiger partial charge in [-0.3, -0.25) is 4.99 Å². The van der Waals surface area contributed by atoms with Gasteiger partial charge in [-0.05, 0) is 50.2 Å². The van der Waals surface area contributed by atoms with Crippen LogP contribution in [0.15, 0.2) is 23.2 Å². The van der Waals surface area contributed by atoms with Crippen molar-refractivity contribution in [2.75, 3.05) is 47.1 Å². The zero-order valence-corrected chi connectivity index (χ0v) is 17.1. The summed E-state index contributed by atoms with van der Waals surface area (Å²) in [5, 5.41) is 6.73. The Morgan fingerprint density at radius 2 is 2.00 bits per heavy atom. The maximum Gasteiger partial charge on any atom is 0.191 e. The van der Waals surface area contributed by atoms with Crippen molar-refractivity contribution in [2.24, 2.45) is 10.9 Å². The van der Waals surface area contributed by atoms with Gasteiger partial charge in [-0.25, -0.2) is 0 Å². The van der Waals surface area contributed by atoms with Crippen LogP contribution in [-0.2, 0) is 16.0 Å². The fourth-order valence-corrected chi connectivity index (χ4v) is 2.61. The Kier molecular flexibility index (Phi) is 10.0. The van der Waals surface area contributed by atoms with Crippen LogP contribution in [0.25, 0.3) is 0 Å². The highest BCUT2D eigenvalue weighted by molar-refractivity contribution is 5.79. The zero-order valence-electron chi connectivity index (χ0n) is 17.1. The van der Waals surface area contributed by atoms with E-state index in [4.69, 9.17) is 14.2 Å². The number of aliphatic imine (C=N–C) groups is 1. The van der Waals surface area contributed by atoms with Crippen LogP contribution in [0.5, 0.6) is 5.75 Å². The number of aryl methyl sites for hydroxylation is 1. The summed E-state index contributed by atoms with van der Waals surface area (Å²) in [7, 11) is 3.48. The molecule has 0 heterocycles. The first-order valence-corrected chi connectivity index (χ1v) is 9.96. The maximum atomic E-state index is 6.04. The van der Waals surface area contributed by atoms with Crippen LogP contribution >= 0.6 is 0 Å². The van der Waals surface area contributed by atoms with Crippen LogP contribution in [0.3, 0.4) is 0 Å². The summed E-state index contributed by atoms with van der Waals surface area (Å²) in [5.41, 5.74) is 2.38. The van der Waals surface area contributed by atoms with E-state index in [0.29, 0.717) is 19.8 Å². The lowest BCUT2D eigenvalue weighted by atomic mass is 10.1. The van der Waals surface area contributed by atoms with Crippen molar-refractivity contribution >= 4 is 5.96 Å². The Balaban J connectivity index is 1.67. The molecule has 1 fully saturated rings. The molecule has 1 saturated carbocycles. The highest BCUT2D eigenvalue weighted by atomic mass is 16.5. The molecule has 0 bridgehead atoms. The number of guanidine groups is 1. The van der Waals surface area contributed by atoms with Gasteiger partial charge in [0.05, 0.1) is 19.8 Å². The molecule has 0 aliphatic heterocycles. The molecule has 0 atom stereocenters. The molecular weight excluding hydrogens is 342 g/mol. The average Bonchev–Trinajstić information content (AvgIpc) is 3.50. The first-order chi connectivity index (χ1) is 13.2. The van der Waals surface area contributed by atoms with Gasteiger partial charge in [-0.2, -0.15) is 0 Å². The summed E-state index contributed by atoms with van der Waals surface area (Å²) in [6, 6.07) is 6.38. The largest absolute Gasteiger partial charge is 0.493 e. The average molecular weight is 378 g/mol. The van der Waals surface area contributed by atoms with E-state index >= 15 is 0 Å². The lowest BCUT2D eigenvalue weighted by molar-refractivity contribution is 0.0689. The topological polar surface area (TPSA) is 64.1 Å². The molecule has 0 unspecified atom stereocenters. The first kappa shape index (κ1) is 21.5. The summed E-state index contributed by atoms with van der Waals surface area (Å²) < 4.78 is 16.5. The highest BCUT2D eigenvalue weighted by Crippen LogP contribution is 2.30. The van der Waals surface area contributed by atoms with Crippen molar-refractivity contribution in [1.29, 1.82) is 0 Å². The predicted molar refractivity (Wildman–Crippen MR) is 110 cm³/mol. The molecule has 152 valence electrons. The molecule has 1 aliphatic carbocycles. The van der Waals surface area contributed by atoms with Gasteiger partial charge >= 0.3 is 0 Å². The summed E-state index contributed by atoms with van der Waals surface area (Å²) in [6.07, 6.45) is 4.65. The molecular formula is C21H35N3O3. The second-order valence-corrected chi connectivity index (χ2v) is 7.03. The molecule has 0 saturated heterocycles.